The van der Waals surface area contributed by atoms with E-state index in [0.717, 1.165) is 5.56 Å². The Morgan fingerprint density at radius 3 is 2.52 bits per heavy atom. The highest BCUT2D eigenvalue weighted by molar-refractivity contribution is 5.75. The summed E-state index contributed by atoms with van der Waals surface area (Å²) in [4.78, 5) is 11.0. The lowest BCUT2D eigenvalue weighted by molar-refractivity contribution is -0.121. The third kappa shape index (κ3) is 4.57. The average molecular weight is 288 g/mol. The molecule has 1 amide bonds. The Balaban J connectivity index is 1.88. The van der Waals surface area contributed by atoms with Gasteiger partial charge in [0.2, 0.25) is 5.91 Å². The number of nitrogens with two attached hydrogens (primary N) is 1. The first-order valence-electron chi connectivity index (χ1n) is 6.63. The summed E-state index contributed by atoms with van der Waals surface area (Å²) in [6.07, 6.45) is 0.947. The van der Waals surface area contributed by atoms with E-state index in [0.29, 0.717) is 24.2 Å². The van der Waals surface area contributed by atoms with Gasteiger partial charge < -0.3 is 4.74 Å². The van der Waals surface area contributed by atoms with Crippen LogP contribution < -0.4 is 16.0 Å². The maximum absolute atomic E-state index is 13.4. The highest BCUT2D eigenvalue weighted by Crippen LogP contribution is 2.16. The summed E-state index contributed by atoms with van der Waals surface area (Å²) in [5, 5.41) is 0. The van der Waals surface area contributed by atoms with Gasteiger partial charge in [-0.25, -0.2) is 10.2 Å². The van der Waals surface area contributed by atoms with Crippen molar-refractivity contribution in [2.75, 3.05) is 0 Å². The summed E-state index contributed by atoms with van der Waals surface area (Å²) in [5.41, 5.74) is 3.62. The second kappa shape index (κ2) is 7.40. The molecule has 0 aromatic heterocycles. The van der Waals surface area contributed by atoms with Crippen LogP contribution in [0.25, 0.3) is 0 Å². The molecule has 2 aromatic rings. The van der Waals surface area contributed by atoms with Gasteiger partial charge in [0.1, 0.15) is 18.2 Å². The Morgan fingerprint density at radius 1 is 1.14 bits per heavy atom. The van der Waals surface area contributed by atoms with Crippen molar-refractivity contribution in [3.8, 4) is 5.75 Å². The molecule has 2 aromatic carbocycles. The summed E-state index contributed by atoms with van der Waals surface area (Å²) >= 11 is 0. The van der Waals surface area contributed by atoms with E-state index < -0.39 is 0 Å². The predicted octanol–water partition coefficient (Wildman–Crippen LogP) is 2.33. The van der Waals surface area contributed by atoms with Crippen molar-refractivity contribution >= 4 is 5.91 Å². The fraction of sp³-hybridized carbons (Fsp3) is 0.188. The Hall–Kier alpha value is -2.40. The van der Waals surface area contributed by atoms with E-state index in [2.05, 4.69) is 5.43 Å². The van der Waals surface area contributed by atoms with Gasteiger partial charge in [-0.2, -0.15) is 0 Å². The largest absolute Gasteiger partial charge is 0.489 e. The van der Waals surface area contributed by atoms with Gasteiger partial charge in [-0.3, -0.25) is 10.2 Å². The van der Waals surface area contributed by atoms with Gasteiger partial charge in [0, 0.05) is 12.0 Å². The minimum absolute atomic E-state index is 0.182. The molecule has 0 atom stereocenters. The first kappa shape index (κ1) is 15.0. The molecule has 0 aliphatic carbocycles. The van der Waals surface area contributed by atoms with E-state index in [1.165, 1.54) is 6.07 Å². The van der Waals surface area contributed by atoms with Crippen LogP contribution in [0.3, 0.4) is 0 Å². The van der Waals surface area contributed by atoms with Crippen molar-refractivity contribution in [2.45, 2.75) is 19.4 Å². The number of amides is 1. The zero-order chi connectivity index (χ0) is 15.1. The summed E-state index contributed by atoms with van der Waals surface area (Å²) in [5.74, 6) is 5.20. The lowest BCUT2D eigenvalue weighted by Gasteiger charge is -2.08. The van der Waals surface area contributed by atoms with Crippen LogP contribution in [0.5, 0.6) is 5.75 Å². The summed E-state index contributed by atoms with van der Waals surface area (Å²) < 4.78 is 19.0. The summed E-state index contributed by atoms with van der Waals surface area (Å²) in [6, 6.07) is 13.9. The first-order valence-corrected chi connectivity index (χ1v) is 6.63. The third-order valence-corrected chi connectivity index (χ3v) is 3.08. The van der Waals surface area contributed by atoms with Crippen LogP contribution >= 0.6 is 0 Å². The molecular weight excluding hydrogens is 271 g/mol. The van der Waals surface area contributed by atoms with Gasteiger partial charge in [0.05, 0.1) is 0 Å². The third-order valence-electron chi connectivity index (χ3n) is 3.08. The SMILES string of the molecule is NNC(=O)CCc1ccc(OCc2ccccc2F)cc1. The number of carbonyl (C=O) groups excluding carboxylic acids is 1. The van der Waals surface area contributed by atoms with Gasteiger partial charge in [0.15, 0.2) is 0 Å². The van der Waals surface area contributed by atoms with Crippen molar-refractivity contribution in [2.24, 2.45) is 5.84 Å². The standard InChI is InChI=1S/C16H17FN2O2/c17-15-4-2-1-3-13(15)11-21-14-8-5-12(6-9-14)7-10-16(20)19-18/h1-6,8-9H,7,10-11,18H2,(H,19,20). The maximum atomic E-state index is 13.4. The maximum Gasteiger partial charge on any atom is 0.234 e. The number of benzene rings is 2. The molecule has 0 aliphatic rings. The predicted molar refractivity (Wildman–Crippen MR) is 77.8 cm³/mol. The van der Waals surface area contributed by atoms with Crippen LogP contribution in [0.2, 0.25) is 0 Å². The Morgan fingerprint density at radius 2 is 1.86 bits per heavy atom. The van der Waals surface area contributed by atoms with Crippen molar-refractivity contribution in [3.63, 3.8) is 0 Å². The van der Waals surface area contributed by atoms with Crippen LogP contribution in [0.15, 0.2) is 48.5 Å². The minimum Gasteiger partial charge on any atom is -0.489 e. The van der Waals surface area contributed by atoms with E-state index >= 15 is 0 Å². The van der Waals surface area contributed by atoms with Crippen LogP contribution in [0, 0.1) is 5.82 Å². The van der Waals surface area contributed by atoms with Crippen LogP contribution in [-0.2, 0) is 17.8 Å². The number of hydrogen-bond acceptors (Lipinski definition) is 3. The average Bonchev–Trinajstić information content (AvgIpc) is 2.53. The smallest absolute Gasteiger partial charge is 0.234 e. The molecule has 0 bridgehead atoms. The van der Waals surface area contributed by atoms with Crippen molar-refractivity contribution in [1.29, 1.82) is 0 Å². The number of ether oxygens (including phenoxy) is 1. The Kier molecular flexibility index (Phi) is 5.29. The normalized spacial score (nSPS) is 10.2. The summed E-state index contributed by atoms with van der Waals surface area (Å²) in [6.45, 7) is 0.182. The molecule has 0 spiro atoms. The molecule has 0 fully saturated rings. The molecule has 3 N–H and O–H groups in total. The van der Waals surface area contributed by atoms with E-state index in [1.807, 2.05) is 12.1 Å². The first-order chi connectivity index (χ1) is 10.2. The second-order valence-electron chi connectivity index (χ2n) is 4.59. The van der Waals surface area contributed by atoms with Gasteiger partial charge in [-0.05, 0) is 30.2 Å². The summed E-state index contributed by atoms with van der Waals surface area (Å²) in [7, 11) is 0. The molecule has 0 unspecified atom stereocenters. The van der Waals surface area contributed by atoms with Gasteiger partial charge in [-0.15, -0.1) is 0 Å². The molecule has 2 rings (SSSR count). The molecule has 5 heteroatoms. The Bertz CT molecular complexity index is 599. The van der Waals surface area contributed by atoms with Crippen molar-refractivity contribution in [1.82, 2.24) is 5.43 Å². The van der Waals surface area contributed by atoms with Gasteiger partial charge in [-0.1, -0.05) is 30.3 Å². The van der Waals surface area contributed by atoms with E-state index in [1.54, 1.807) is 30.3 Å². The van der Waals surface area contributed by atoms with Crippen molar-refractivity contribution < 1.29 is 13.9 Å². The lowest BCUT2D eigenvalue weighted by atomic mass is 10.1. The molecule has 0 heterocycles. The molecule has 110 valence electrons. The number of halogens is 1. The number of nitrogens with one attached hydrogen (secondary N) is 1. The highest BCUT2D eigenvalue weighted by Gasteiger charge is 2.03. The molecule has 21 heavy (non-hydrogen) atoms. The topological polar surface area (TPSA) is 64.3 Å². The van der Waals surface area contributed by atoms with Gasteiger partial charge >= 0.3 is 0 Å². The highest BCUT2D eigenvalue weighted by atomic mass is 19.1. The fourth-order valence-electron chi connectivity index (χ4n) is 1.86. The zero-order valence-corrected chi connectivity index (χ0v) is 11.5. The minimum atomic E-state index is -0.276. The van der Waals surface area contributed by atoms with Gasteiger partial charge in [0.25, 0.3) is 0 Å². The Labute approximate surface area is 122 Å². The van der Waals surface area contributed by atoms with Crippen molar-refractivity contribution in [3.05, 3.63) is 65.5 Å². The monoisotopic (exact) mass is 288 g/mol. The molecule has 0 saturated heterocycles. The quantitative estimate of drug-likeness (QED) is 0.487. The van der Waals surface area contributed by atoms with E-state index in [9.17, 15) is 9.18 Å². The number of rotatable bonds is 6. The zero-order valence-electron chi connectivity index (χ0n) is 11.5. The van der Waals surface area contributed by atoms with E-state index in [4.69, 9.17) is 10.6 Å². The second-order valence-corrected chi connectivity index (χ2v) is 4.59. The molecule has 0 radical (unpaired) electrons. The van der Waals surface area contributed by atoms with E-state index in [-0.39, 0.29) is 18.3 Å². The molecule has 0 aliphatic heterocycles. The number of carbonyl (C=O) groups is 1. The van der Waals surface area contributed by atoms with Crippen LogP contribution in [0.1, 0.15) is 17.5 Å². The molecular formula is C16H17FN2O2. The molecule has 0 saturated carbocycles. The molecule has 4 nitrogen and oxygen atoms in total. The number of aryl methyl sites for hydroxylation is 1. The van der Waals surface area contributed by atoms with Crippen LogP contribution in [0.4, 0.5) is 4.39 Å². The lowest BCUT2D eigenvalue weighted by Crippen LogP contribution is -2.30. The number of hydrogen-bond donors (Lipinski definition) is 2. The fourth-order valence-corrected chi connectivity index (χ4v) is 1.86. The van der Waals surface area contributed by atoms with Crippen LogP contribution in [-0.4, -0.2) is 5.91 Å². The number of hydrazine groups is 1.